The molecule has 0 aromatic heterocycles. The molecule has 5 heteroatoms. The number of hydrogen-bond donors (Lipinski definition) is 1. The van der Waals surface area contributed by atoms with Gasteiger partial charge in [-0.3, -0.25) is 4.79 Å². The van der Waals surface area contributed by atoms with Crippen LogP contribution >= 0.6 is 0 Å². The fraction of sp³-hybridized carbons (Fsp3) is 0.562. The van der Waals surface area contributed by atoms with Crippen molar-refractivity contribution < 1.29 is 9.53 Å². The van der Waals surface area contributed by atoms with Crippen molar-refractivity contribution in [3.8, 4) is 5.75 Å². The first-order valence-corrected chi connectivity index (χ1v) is 7.46. The number of ether oxygens (including phenoxy) is 1. The Morgan fingerprint density at radius 1 is 1.24 bits per heavy atom. The molecule has 1 aromatic rings. The molecule has 1 saturated heterocycles. The van der Waals surface area contributed by atoms with Gasteiger partial charge in [0.1, 0.15) is 5.75 Å². The molecule has 2 N–H and O–H groups in total. The number of anilines is 1. The Morgan fingerprint density at radius 3 is 2.48 bits per heavy atom. The first-order chi connectivity index (χ1) is 10.0. The van der Waals surface area contributed by atoms with Crippen LogP contribution in [-0.2, 0) is 4.79 Å². The van der Waals surface area contributed by atoms with Crippen molar-refractivity contribution in [2.45, 2.75) is 19.9 Å². The SMILES string of the molecule is COc1cccc(N2CCN(C(=O)C(N)C(C)C)CC2)c1. The number of piperazine rings is 1. The maximum absolute atomic E-state index is 12.2. The number of carbonyl (C=O) groups excluding carboxylic acids is 1. The van der Waals surface area contributed by atoms with Gasteiger partial charge in [-0.25, -0.2) is 0 Å². The third kappa shape index (κ3) is 3.67. The Bertz CT molecular complexity index is 482. The second-order valence-electron chi connectivity index (χ2n) is 5.78. The second kappa shape index (κ2) is 6.80. The van der Waals surface area contributed by atoms with Gasteiger partial charge in [-0.15, -0.1) is 0 Å². The molecule has 0 bridgehead atoms. The summed E-state index contributed by atoms with van der Waals surface area (Å²) in [5, 5.41) is 0. The normalized spacial score (nSPS) is 17.0. The number of rotatable bonds is 4. The zero-order chi connectivity index (χ0) is 15.4. The van der Waals surface area contributed by atoms with Crippen molar-refractivity contribution in [2.75, 3.05) is 38.2 Å². The van der Waals surface area contributed by atoms with E-state index in [1.54, 1.807) is 7.11 Å². The summed E-state index contributed by atoms with van der Waals surface area (Å²) in [4.78, 5) is 16.4. The number of nitrogens with zero attached hydrogens (tertiary/aromatic N) is 2. The maximum atomic E-state index is 12.2. The highest BCUT2D eigenvalue weighted by Crippen LogP contribution is 2.22. The summed E-state index contributed by atoms with van der Waals surface area (Å²) < 4.78 is 5.26. The van der Waals surface area contributed by atoms with E-state index in [1.165, 1.54) is 0 Å². The van der Waals surface area contributed by atoms with E-state index in [4.69, 9.17) is 10.5 Å². The van der Waals surface area contributed by atoms with Crippen LogP contribution in [0.15, 0.2) is 24.3 Å². The predicted molar refractivity (Wildman–Crippen MR) is 84.6 cm³/mol. The van der Waals surface area contributed by atoms with E-state index in [9.17, 15) is 4.79 Å². The van der Waals surface area contributed by atoms with Crippen LogP contribution in [0.1, 0.15) is 13.8 Å². The lowest BCUT2D eigenvalue weighted by molar-refractivity contribution is -0.133. The van der Waals surface area contributed by atoms with Crippen LogP contribution < -0.4 is 15.4 Å². The number of hydrogen-bond acceptors (Lipinski definition) is 4. The van der Waals surface area contributed by atoms with E-state index >= 15 is 0 Å². The number of nitrogens with two attached hydrogens (primary N) is 1. The summed E-state index contributed by atoms with van der Waals surface area (Å²) in [6.45, 7) is 7.05. The van der Waals surface area contributed by atoms with Gasteiger partial charge >= 0.3 is 0 Å². The van der Waals surface area contributed by atoms with E-state index in [1.807, 2.05) is 36.9 Å². The summed E-state index contributed by atoms with van der Waals surface area (Å²) >= 11 is 0. The van der Waals surface area contributed by atoms with Gasteiger partial charge in [0.25, 0.3) is 0 Å². The molecule has 1 amide bonds. The summed E-state index contributed by atoms with van der Waals surface area (Å²) in [5.74, 6) is 1.09. The lowest BCUT2D eigenvalue weighted by Gasteiger charge is -2.37. The van der Waals surface area contributed by atoms with Gasteiger partial charge in [0, 0.05) is 37.9 Å². The minimum atomic E-state index is -0.395. The highest BCUT2D eigenvalue weighted by atomic mass is 16.5. The Hall–Kier alpha value is -1.75. The third-order valence-corrected chi connectivity index (χ3v) is 4.01. The average Bonchev–Trinajstić information content (AvgIpc) is 2.53. The molecule has 1 unspecified atom stereocenters. The molecule has 0 radical (unpaired) electrons. The van der Waals surface area contributed by atoms with Gasteiger partial charge in [-0.2, -0.15) is 0 Å². The topological polar surface area (TPSA) is 58.8 Å². The Labute approximate surface area is 126 Å². The van der Waals surface area contributed by atoms with Crippen LogP contribution in [0.2, 0.25) is 0 Å². The first-order valence-electron chi connectivity index (χ1n) is 7.46. The predicted octanol–water partition coefficient (Wildman–Crippen LogP) is 1.33. The molecule has 0 saturated carbocycles. The molecule has 21 heavy (non-hydrogen) atoms. The van der Waals surface area contributed by atoms with Gasteiger partial charge in [-0.1, -0.05) is 19.9 Å². The molecule has 0 spiro atoms. The van der Waals surface area contributed by atoms with Crippen LogP contribution in [0, 0.1) is 5.92 Å². The van der Waals surface area contributed by atoms with E-state index in [0.29, 0.717) is 0 Å². The summed E-state index contributed by atoms with van der Waals surface area (Å²) in [7, 11) is 1.67. The van der Waals surface area contributed by atoms with Gasteiger partial charge in [-0.05, 0) is 18.1 Å². The summed E-state index contributed by atoms with van der Waals surface area (Å²) in [6.07, 6.45) is 0. The standard InChI is InChI=1S/C16H25N3O2/c1-12(2)15(17)16(20)19-9-7-18(8-10-19)13-5-4-6-14(11-13)21-3/h4-6,11-12,15H,7-10,17H2,1-3H3. The minimum absolute atomic E-state index is 0.0651. The summed E-state index contributed by atoms with van der Waals surface area (Å²) in [6, 6.07) is 7.62. The molecule has 1 aromatic carbocycles. The zero-order valence-corrected chi connectivity index (χ0v) is 13.1. The zero-order valence-electron chi connectivity index (χ0n) is 13.1. The monoisotopic (exact) mass is 291 g/mol. The second-order valence-corrected chi connectivity index (χ2v) is 5.78. The molecule has 1 heterocycles. The fourth-order valence-corrected chi connectivity index (χ4v) is 2.49. The van der Waals surface area contributed by atoms with Crippen molar-refractivity contribution in [1.82, 2.24) is 4.90 Å². The Morgan fingerprint density at radius 2 is 1.90 bits per heavy atom. The van der Waals surface area contributed by atoms with Crippen LogP contribution in [-0.4, -0.2) is 50.1 Å². The van der Waals surface area contributed by atoms with Gasteiger partial charge < -0.3 is 20.3 Å². The van der Waals surface area contributed by atoms with Crippen LogP contribution in [0.5, 0.6) is 5.75 Å². The van der Waals surface area contributed by atoms with Gasteiger partial charge in [0.05, 0.1) is 13.2 Å². The molecule has 5 nitrogen and oxygen atoms in total. The molecule has 1 aliphatic rings. The minimum Gasteiger partial charge on any atom is -0.497 e. The van der Waals surface area contributed by atoms with Crippen molar-refractivity contribution in [2.24, 2.45) is 11.7 Å². The smallest absolute Gasteiger partial charge is 0.239 e. The van der Waals surface area contributed by atoms with Crippen molar-refractivity contribution in [3.63, 3.8) is 0 Å². The van der Waals surface area contributed by atoms with E-state index in [0.717, 1.165) is 37.6 Å². The van der Waals surface area contributed by atoms with Crippen molar-refractivity contribution in [3.05, 3.63) is 24.3 Å². The largest absolute Gasteiger partial charge is 0.497 e. The molecule has 116 valence electrons. The number of methoxy groups -OCH3 is 1. The molecule has 0 aliphatic carbocycles. The van der Waals surface area contributed by atoms with Crippen molar-refractivity contribution >= 4 is 11.6 Å². The van der Waals surface area contributed by atoms with Crippen LogP contribution in [0.3, 0.4) is 0 Å². The van der Waals surface area contributed by atoms with Gasteiger partial charge in [0.2, 0.25) is 5.91 Å². The average molecular weight is 291 g/mol. The van der Waals surface area contributed by atoms with Crippen molar-refractivity contribution in [1.29, 1.82) is 0 Å². The van der Waals surface area contributed by atoms with Gasteiger partial charge in [0.15, 0.2) is 0 Å². The Kier molecular flexibility index (Phi) is 5.07. The van der Waals surface area contributed by atoms with E-state index in [2.05, 4.69) is 11.0 Å². The number of amides is 1. The first kappa shape index (κ1) is 15.6. The number of carbonyl (C=O) groups is 1. The lowest BCUT2D eigenvalue weighted by atomic mass is 10.0. The third-order valence-electron chi connectivity index (χ3n) is 4.01. The molecular weight excluding hydrogens is 266 g/mol. The molecule has 1 aliphatic heterocycles. The Balaban J connectivity index is 1.95. The van der Waals surface area contributed by atoms with Crippen LogP contribution in [0.4, 0.5) is 5.69 Å². The molecule has 2 rings (SSSR count). The molecule has 1 fully saturated rings. The number of benzene rings is 1. The maximum Gasteiger partial charge on any atom is 0.239 e. The quantitative estimate of drug-likeness (QED) is 0.909. The fourth-order valence-electron chi connectivity index (χ4n) is 2.49. The molecule has 1 atom stereocenters. The molecular formula is C16H25N3O2. The van der Waals surface area contributed by atoms with E-state index < -0.39 is 6.04 Å². The lowest BCUT2D eigenvalue weighted by Crippen LogP contribution is -2.54. The van der Waals surface area contributed by atoms with E-state index in [-0.39, 0.29) is 11.8 Å². The van der Waals surface area contributed by atoms with Crippen LogP contribution in [0.25, 0.3) is 0 Å². The summed E-state index contributed by atoms with van der Waals surface area (Å²) in [5.41, 5.74) is 7.09. The highest BCUT2D eigenvalue weighted by molar-refractivity contribution is 5.82. The highest BCUT2D eigenvalue weighted by Gasteiger charge is 2.26.